The van der Waals surface area contributed by atoms with Crippen LogP contribution in [0.2, 0.25) is 0 Å². The summed E-state index contributed by atoms with van der Waals surface area (Å²) in [6.07, 6.45) is 0. The molecular weight excluding hydrogens is 178 g/mol. The van der Waals surface area contributed by atoms with Crippen LogP contribution >= 0.6 is 0 Å². The first kappa shape index (κ1) is 10.6. The maximum atomic E-state index is 10.9. The summed E-state index contributed by atoms with van der Waals surface area (Å²) in [4.78, 5) is 10.9. The molecule has 0 radical (unpaired) electrons. The largest absolute Gasteiger partial charge is 0.496 e. The van der Waals surface area contributed by atoms with Gasteiger partial charge in [-0.1, -0.05) is 19.9 Å². The molecule has 0 atom stereocenters. The second kappa shape index (κ2) is 4.13. The Morgan fingerprint density at radius 1 is 1.43 bits per heavy atom. The van der Waals surface area contributed by atoms with E-state index in [4.69, 9.17) is 10.5 Å². The van der Waals surface area contributed by atoms with Gasteiger partial charge >= 0.3 is 0 Å². The summed E-state index contributed by atoms with van der Waals surface area (Å²) >= 11 is 0. The molecule has 1 aromatic rings. The molecule has 0 aliphatic heterocycles. The van der Waals surface area contributed by atoms with Gasteiger partial charge in [0.25, 0.3) is 0 Å². The highest BCUT2D eigenvalue weighted by Gasteiger charge is 2.09. The molecule has 0 fully saturated rings. The average molecular weight is 193 g/mol. The maximum Gasteiger partial charge on any atom is 0.248 e. The Kier molecular flexibility index (Phi) is 3.12. The fourth-order valence-corrected chi connectivity index (χ4v) is 1.34. The second-order valence-corrected chi connectivity index (χ2v) is 3.48. The van der Waals surface area contributed by atoms with Crippen molar-refractivity contribution in [2.45, 2.75) is 19.8 Å². The van der Waals surface area contributed by atoms with Crippen molar-refractivity contribution in [2.75, 3.05) is 7.11 Å². The normalized spacial score (nSPS) is 10.3. The summed E-state index contributed by atoms with van der Waals surface area (Å²) in [6, 6.07) is 5.28. The molecule has 3 nitrogen and oxygen atoms in total. The number of rotatable bonds is 3. The number of hydrogen-bond acceptors (Lipinski definition) is 2. The van der Waals surface area contributed by atoms with E-state index >= 15 is 0 Å². The van der Waals surface area contributed by atoms with Crippen LogP contribution in [0.5, 0.6) is 5.75 Å². The van der Waals surface area contributed by atoms with Crippen LogP contribution in [0.25, 0.3) is 0 Å². The lowest BCUT2D eigenvalue weighted by Crippen LogP contribution is -2.11. The Hall–Kier alpha value is -1.51. The van der Waals surface area contributed by atoms with Gasteiger partial charge in [0, 0.05) is 5.56 Å². The van der Waals surface area contributed by atoms with E-state index in [1.54, 1.807) is 19.2 Å². The van der Waals surface area contributed by atoms with Crippen LogP contribution in [0.1, 0.15) is 35.7 Å². The second-order valence-electron chi connectivity index (χ2n) is 3.48. The van der Waals surface area contributed by atoms with E-state index in [2.05, 4.69) is 13.8 Å². The molecule has 0 heterocycles. The van der Waals surface area contributed by atoms with Crippen LogP contribution in [-0.2, 0) is 0 Å². The number of nitrogens with two attached hydrogens (primary N) is 1. The first-order valence-corrected chi connectivity index (χ1v) is 4.54. The zero-order chi connectivity index (χ0) is 10.7. The zero-order valence-corrected chi connectivity index (χ0v) is 8.70. The SMILES string of the molecule is COc1cc(C(N)=O)ccc1C(C)C. The molecule has 0 saturated carbocycles. The van der Waals surface area contributed by atoms with Crippen molar-refractivity contribution >= 4 is 5.91 Å². The first-order chi connectivity index (χ1) is 6.56. The van der Waals surface area contributed by atoms with Crippen molar-refractivity contribution in [1.82, 2.24) is 0 Å². The fraction of sp³-hybridized carbons (Fsp3) is 0.364. The number of ether oxygens (including phenoxy) is 1. The van der Waals surface area contributed by atoms with Crippen molar-refractivity contribution in [1.29, 1.82) is 0 Å². The predicted octanol–water partition coefficient (Wildman–Crippen LogP) is 1.92. The molecule has 0 aliphatic rings. The van der Waals surface area contributed by atoms with Crippen molar-refractivity contribution < 1.29 is 9.53 Å². The molecule has 14 heavy (non-hydrogen) atoms. The molecule has 1 aromatic carbocycles. The van der Waals surface area contributed by atoms with Crippen LogP contribution in [0, 0.1) is 0 Å². The molecule has 0 saturated heterocycles. The zero-order valence-electron chi connectivity index (χ0n) is 8.70. The van der Waals surface area contributed by atoms with Crippen LogP contribution < -0.4 is 10.5 Å². The number of carbonyl (C=O) groups is 1. The fourth-order valence-electron chi connectivity index (χ4n) is 1.34. The van der Waals surface area contributed by atoms with E-state index in [-0.39, 0.29) is 0 Å². The average Bonchev–Trinajstić information content (AvgIpc) is 2.16. The minimum atomic E-state index is -0.432. The predicted molar refractivity (Wildman–Crippen MR) is 55.6 cm³/mol. The van der Waals surface area contributed by atoms with Gasteiger partial charge in [-0.3, -0.25) is 4.79 Å². The summed E-state index contributed by atoms with van der Waals surface area (Å²) in [5, 5.41) is 0. The maximum absolute atomic E-state index is 10.9. The molecule has 1 rings (SSSR count). The molecule has 0 unspecified atom stereocenters. The van der Waals surface area contributed by atoms with Crippen LogP contribution in [0.4, 0.5) is 0 Å². The Labute approximate surface area is 83.9 Å². The van der Waals surface area contributed by atoms with Gasteiger partial charge in [-0.15, -0.1) is 0 Å². The van der Waals surface area contributed by atoms with Crippen molar-refractivity contribution in [3.8, 4) is 5.75 Å². The number of carbonyl (C=O) groups excluding carboxylic acids is 1. The van der Waals surface area contributed by atoms with Gasteiger partial charge in [0.1, 0.15) is 5.75 Å². The monoisotopic (exact) mass is 193 g/mol. The Morgan fingerprint density at radius 3 is 2.50 bits per heavy atom. The third kappa shape index (κ3) is 2.05. The molecular formula is C11H15NO2. The van der Waals surface area contributed by atoms with E-state index in [1.807, 2.05) is 6.07 Å². The summed E-state index contributed by atoms with van der Waals surface area (Å²) in [6.45, 7) is 4.14. The molecule has 0 spiro atoms. The third-order valence-electron chi connectivity index (χ3n) is 2.14. The van der Waals surface area contributed by atoms with Gasteiger partial charge in [-0.25, -0.2) is 0 Å². The van der Waals surface area contributed by atoms with Gasteiger partial charge in [0.15, 0.2) is 0 Å². The molecule has 0 aliphatic carbocycles. The summed E-state index contributed by atoms with van der Waals surface area (Å²) in [5.41, 5.74) is 6.73. The molecule has 3 heteroatoms. The van der Waals surface area contributed by atoms with Crippen molar-refractivity contribution in [3.05, 3.63) is 29.3 Å². The minimum absolute atomic E-state index is 0.367. The summed E-state index contributed by atoms with van der Waals surface area (Å²) < 4.78 is 5.19. The topological polar surface area (TPSA) is 52.3 Å². The Bertz CT molecular complexity index is 345. The summed E-state index contributed by atoms with van der Waals surface area (Å²) in [7, 11) is 1.59. The lowest BCUT2D eigenvalue weighted by atomic mass is 10.00. The van der Waals surface area contributed by atoms with Crippen LogP contribution in [0.3, 0.4) is 0 Å². The van der Waals surface area contributed by atoms with Crippen molar-refractivity contribution in [3.63, 3.8) is 0 Å². The quantitative estimate of drug-likeness (QED) is 0.797. The first-order valence-electron chi connectivity index (χ1n) is 4.54. The number of primary amides is 1. The Morgan fingerprint density at radius 2 is 2.07 bits per heavy atom. The molecule has 76 valence electrons. The summed E-state index contributed by atoms with van der Waals surface area (Å²) in [5.74, 6) is 0.654. The van der Waals surface area contributed by atoms with Gasteiger partial charge in [0.2, 0.25) is 5.91 Å². The van der Waals surface area contributed by atoms with Crippen LogP contribution in [0.15, 0.2) is 18.2 Å². The van der Waals surface area contributed by atoms with E-state index in [0.29, 0.717) is 11.5 Å². The van der Waals surface area contributed by atoms with E-state index in [0.717, 1.165) is 11.3 Å². The smallest absolute Gasteiger partial charge is 0.248 e. The van der Waals surface area contributed by atoms with E-state index in [1.165, 1.54) is 0 Å². The van der Waals surface area contributed by atoms with Gasteiger partial charge < -0.3 is 10.5 Å². The molecule has 0 bridgehead atoms. The van der Waals surface area contributed by atoms with Gasteiger partial charge in [0.05, 0.1) is 7.11 Å². The van der Waals surface area contributed by atoms with Gasteiger partial charge in [-0.2, -0.15) is 0 Å². The van der Waals surface area contributed by atoms with E-state index < -0.39 is 5.91 Å². The number of methoxy groups -OCH3 is 1. The van der Waals surface area contributed by atoms with E-state index in [9.17, 15) is 4.79 Å². The highest BCUT2D eigenvalue weighted by Crippen LogP contribution is 2.26. The molecule has 0 aromatic heterocycles. The molecule has 2 N–H and O–H groups in total. The Balaban J connectivity index is 3.18. The number of benzene rings is 1. The minimum Gasteiger partial charge on any atom is -0.496 e. The number of hydrogen-bond donors (Lipinski definition) is 1. The van der Waals surface area contributed by atoms with Gasteiger partial charge in [-0.05, 0) is 23.6 Å². The third-order valence-corrected chi connectivity index (χ3v) is 2.14. The standard InChI is InChI=1S/C11H15NO2/c1-7(2)9-5-4-8(11(12)13)6-10(9)14-3/h4-7H,1-3H3,(H2,12,13). The van der Waals surface area contributed by atoms with Crippen LogP contribution in [-0.4, -0.2) is 13.0 Å². The lowest BCUT2D eigenvalue weighted by Gasteiger charge is -2.12. The molecule has 1 amide bonds. The highest BCUT2D eigenvalue weighted by molar-refractivity contribution is 5.93. The number of amides is 1. The van der Waals surface area contributed by atoms with Crippen molar-refractivity contribution in [2.24, 2.45) is 5.73 Å². The lowest BCUT2D eigenvalue weighted by molar-refractivity contribution is 0.1000. The highest BCUT2D eigenvalue weighted by atomic mass is 16.5.